The van der Waals surface area contributed by atoms with Crippen molar-refractivity contribution in [1.82, 2.24) is 0 Å². The normalized spacial score (nSPS) is 14.1. The van der Waals surface area contributed by atoms with E-state index < -0.39 is 97.5 Å². The molecule has 0 spiro atoms. The molecule has 5 atom stereocenters. The van der Waals surface area contributed by atoms with Crippen molar-refractivity contribution >= 4 is 39.5 Å². The average Bonchev–Trinajstić information content (AvgIpc) is 1.16. The average molecular weight is 1420 g/mol. The number of carbonyl (C=O) groups is 4. The predicted molar refractivity (Wildman–Crippen MR) is 395 cm³/mol. The first kappa shape index (κ1) is 95.1. The number of unbranched alkanes of at least 4 members (excludes halogenated alkanes) is 41. The highest BCUT2D eigenvalue weighted by molar-refractivity contribution is 7.47. The van der Waals surface area contributed by atoms with Crippen molar-refractivity contribution in [3.63, 3.8) is 0 Å². The van der Waals surface area contributed by atoms with E-state index in [-0.39, 0.29) is 25.7 Å². The lowest BCUT2D eigenvalue weighted by molar-refractivity contribution is -0.161. The topological polar surface area (TPSA) is 237 Å². The second-order valence-electron chi connectivity index (χ2n) is 30.0. The van der Waals surface area contributed by atoms with Crippen LogP contribution in [0.3, 0.4) is 0 Å². The summed E-state index contributed by atoms with van der Waals surface area (Å²) in [4.78, 5) is 72.9. The number of aliphatic hydroxyl groups is 1. The molecule has 0 aliphatic carbocycles. The number of ether oxygens (including phenoxy) is 4. The van der Waals surface area contributed by atoms with E-state index in [1.807, 2.05) is 0 Å². The summed E-state index contributed by atoms with van der Waals surface area (Å²) in [6.07, 6.45) is 52.8. The molecule has 97 heavy (non-hydrogen) atoms. The Morgan fingerprint density at radius 3 is 0.639 bits per heavy atom. The first-order valence-corrected chi connectivity index (χ1v) is 43.2. The van der Waals surface area contributed by atoms with Gasteiger partial charge in [-0.25, -0.2) is 9.13 Å². The molecule has 19 heteroatoms. The van der Waals surface area contributed by atoms with Gasteiger partial charge in [0.05, 0.1) is 26.4 Å². The van der Waals surface area contributed by atoms with Crippen molar-refractivity contribution in [2.24, 2.45) is 23.7 Å². The summed E-state index contributed by atoms with van der Waals surface area (Å²) < 4.78 is 68.6. The fourth-order valence-corrected chi connectivity index (χ4v) is 13.5. The number of hydrogen-bond donors (Lipinski definition) is 3. The minimum atomic E-state index is -4.96. The molecule has 0 aromatic carbocycles. The van der Waals surface area contributed by atoms with Gasteiger partial charge in [0.1, 0.15) is 19.3 Å². The summed E-state index contributed by atoms with van der Waals surface area (Å²) in [5, 5.41) is 10.6. The second-order valence-corrected chi connectivity index (χ2v) is 32.9. The third-order valence-electron chi connectivity index (χ3n) is 18.1. The highest BCUT2D eigenvalue weighted by Gasteiger charge is 2.30. The monoisotopic (exact) mass is 1420 g/mol. The van der Waals surface area contributed by atoms with Crippen molar-refractivity contribution < 1.29 is 80.2 Å². The lowest BCUT2D eigenvalue weighted by atomic mass is 10.0. The molecule has 576 valence electrons. The first-order chi connectivity index (χ1) is 46.6. The molecule has 0 aromatic rings. The van der Waals surface area contributed by atoms with Crippen LogP contribution < -0.4 is 0 Å². The van der Waals surface area contributed by atoms with Crippen LogP contribution in [0.15, 0.2) is 0 Å². The van der Waals surface area contributed by atoms with Crippen molar-refractivity contribution in [2.45, 2.75) is 414 Å². The number of rotatable bonds is 75. The van der Waals surface area contributed by atoms with Gasteiger partial charge in [0, 0.05) is 25.7 Å². The van der Waals surface area contributed by atoms with E-state index >= 15 is 0 Å². The molecule has 3 N–H and O–H groups in total. The molecule has 0 aliphatic rings. The van der Waals surface area contributed by atoms with Gasteiger partial charge in [-0.05, 0) is 49.4 Å². The Hall–Kier alpha value is -1.94. The Balaban J connectivity index is 5.25. The Bertz CT molecular complexity index is 1900. The van der Waals surface area contributed by atoms with E-state index in [9.17, 15) is 43.2 Å². The number of phosphoric acid groups is 2. The number of phosphoric ester groups is 2. The molecule has 0 aliphatic heterocycles. The zero-order valence-electron chi connectivity index (χ0n) is 63.7. The largest absolute Gasteiger partial charge is 0.472 e. The SMILES string of the molecule is CC(C)CCCCCCCCCCCCCCCCCC(=O)O[C@H](COC(=O)CCCCCCCCCCCCCC(C)C)COP(=O)(O)OCC(O)COP(=O)(O)OC[C@@H](COC(=O)CCCCCCCCCC(C)C)OC(=O)CCCCCCCCCCCCCCC(C)C. The van der Waals surface area contributed by atoms with Crippen LogP contribution in [0.25, 0.3) is 0 Å². The van der Waals surface area contributed by atoms with E-state index in [4.69, 9.17) is 37.0 Å². The number of aliphatic hydroxyl groups excluding tert-OH is 1. The Kier molecular flexibility index (Phi) is 65.9. The van der Waals surface area contributed by atoms with Gasteiger partial charge in [-0.3, -0.25) is 37.3 Å². The third kappa shape index (κ3) is 72.2. The van der Waals surface area contributed by atoms with Crippen LogP contribution in [0.4, 0.5) is 0 Å². The van der Waals surface area contributed by atoms with Crippen LogP contribution >= 0.6 is 15.6 Å². The molecule has 0 bridgehead atoms. The molecule has 0 aromatic heterocycles. The number of esters is 4. The van der Waals surface area contributed by atoms with Gasteiger partial charge in [0.2, 0.25) is 0 Å². The summed E-state index contributed by atoms with van der Waals surface area (Å²) in [6.45, 7) is 14.2. The van der Waals surface area contributed by atoms with E-state index in [1.165, 1.54) is 193 Å². The molecular weight excluding hydrogens is 1270 g/mol. The minimum absolute atomic E-state index is 0.106. The summed E-state index contributed by atoms with van der Waals surface area (Å²) in [5.74, 6) is 0.937. The van der Waals surface area contributed by atoms with Crippen molar-refractivity contribution in [3.05, 3.63) is 0 Å². The van der Waals surface area contributed by atoms with Gasteiger partial charge in [-0.2, -0.15) is 0 Å². The van der Waals surface area contributed by atoms with Gasteiger partial charge >= 0.3 is 39.5 Å². The van der Waals surface area contributed by atoms with Crippen molar-refractivity contribution in [1.29, 1.82) is 0 Å². The van der Waals surface area contributed by atoms with Crippen LogP contribution in [-0.4, -0.2) is 96.7 Å². The van der Waals surface area contributed by atoms with Gasteiger partial charge in [0.25, 0.3) is 0 Å². The van der Waals surface area contributed by atoms with Crippen molar-refractivity contribution in [3.8, 4) is 0 Å². The molecule has 17 nitrogen and oxygen atoms in total. The fourth-order valence-electron chi connectivity index (χ4n) is 11.9. The highest BCUT2D eigenvalue weighted by Crippen LogP contribution is 2.45. The summed E-state index contributed by atoms with van der Waals surface area (Å²) >= 11 is 0. The maximum Gasteiger partial charge on any atom is 0.472 e. The molecule has 0 fully saturated rings. The van der Waals surface area contributed by atoms with Crippen molar-refractivity contribution in [2.75, 3.05) is 39.6 Å². The van der Waals surface area contributed by atoms with Crippen LogP contribution in [0, 0.1) is 23.7 Å². The Morgan fingerprint density at radius 1 is 0.258 bits per heavy atom. The molecule has 0 rings (SSSR count). The predicted octanol–water partition coefficient (Wildman–Crippen LogP) is 22.8. The maximum absolute atomic E-state index is 13.1. The Labute approximate surface area is 594 Å². The molecule has 0 saturated heterocycles. The molecular formula is C78H152O17P2. The van der Waals surface area contributed by atoms with E-state index in [0.717, 1.165) is 114 Å². The van der Waals surface area contributed by atoms with Gasteiger partial charge in [-0.1, -0.05) is 344 Å². The zero-order chi connectivity index (χ0) is 71.7. The van der Waals surface area contributed by atoms with Gasteiger partial charge in [-0.15, -0.1) is 0 Å². The lowest BCUT2D eigenvalue weighted by Gasteiger charge is -2.21. The van der Waals surface area contributed by atoms with Crippen LogP contribution in [-0.2, 0) is 65.4 Å². The van der Waals surface area contributed by atoms with Crippen LogP contribution in [0.1, 0.15) is 396 Å². The highest BCUT2D eigenvalue weighted by atomic mass is 31.2. The molecule has 3 unspecified atom stereocenters. The van der Waals surface area contributed by atoms with Gasteiger partial charge < -0.3 is 33.8 Å². The quantitative estimate of drug-likeness (QED) is 0.0222. The van der Waals surface area contributed by atoms with E-state index in [1.54, 1.807) is 0 Å². The van der Waals surface area contributed by atoms with Crippen LogP contribution in [0.5, 0.6) is 0 Å². The van der Waals surface area contributed by atoms with Gasteiger partial charge in [0.15, 0.2) is 12.2 Å². The molecule has 0 radical (unpaired) electrons. The second kappa shape index (κ2) is 67.2. The minimum Gasteiger partial charge on any atom is -0.462 e. The molecule has 0 heterocycles. The van der Waals surface area contributed by atoms with E-state index in [2.05, 4.69) is 55.4 Å². The van der Waals surface area contributed by atoms with E-state index in [0.29, 0.717) is 31.6 Å². The Morgan fingerprint density at radius 2 is 0.433 bits per heavy atom. The smallest absolute Gasteiger partial charge is 0.462 e. The lowest BCUT2D eigenvalue weighted by Crippen LogP contribution is -2.30. The third-order valence-corrected chi connectivity index (χ3v) is 20.0. The number of carbonyl (C=O) groups excluding carboxylic acids is 4. The standard InChI is InChI=1S/C78H152O17P2/c1-68(2)54-46-38-30-23-17-12-10-9-11-13-20-27-35-44-52-60-77(82)94-73(64-88-75(80)58-50-42-34-26-22-16-19-25-32-40-48-56-70(5)6)66-92-96(84,85)90-62-72(79)63-91-97(86,87)93-67-74(65-89-76(81)59-51-43-37-29-33-41-49-57-71(7)8)95-78(83)61-53-45-36-28-21-15-14-18-24-31-39-47-55-69(3)4/h68-74,79H,9-67H2,1-8H3,(H,84,85)(H,86,87)/t72?,73-,74-/m1/s1. The molecule has 0 saturated carbocycles. The summed E-state index contributed by atoms with van der Waals surface area (Å²) in [6, 6.07) is 0. The maximum atomic E-state index is 13.1. The van der Waals surface area contributed by atoms with Crippen LogP contribution in [0.2, 0.25) is 0 Å². The number of hydrogen-bond acceptors (Lipinski definition) is 15. The zero-order valence-corrected chi connectivity index (χ0v) is 65.5. The fraction of sp³-hybridized carbons (Fsp3) is 0.949. The molecule has 0 amide bonds. The summed E-state index contributed by atoms with van der Waals surface area (Å²) in [5.41, 5.74) is 0. The first-order valence-electron chi connectivity index (χ1n) is 40.2. The summed E-state index contributed by atoms with van der Waals surface area (Å²) in [7, 11) is -9.92.